The second kappa shape index (κ2) is 12.2. The van der Waals surface area contributed by atoms with Crippen LogP contribution in [-0.2, 0) is 6.54 Å². The lowest BCUT2D eigenvalue weighted by atomic mass is 10.0. The third kappa shape index (κ3) is 5.83. The molecule has 8 nitrogen and oxygen atoms in total. The Hall–Kier alpha value is -4.11. The van der Waals surface area contributed by atoms with E-state index in [2.05, 4.69) is 28.9 Å². The molecule has 202 valence electrons. The van der Waals surface area contributed by atoms with Crippen LogP contribution >= 0.6 is 11.8 Å². The van der Waals surface area contributed by atoms with E-state index in [4.69, 9.17) is 23.9 Å². The Bertz CT molecular complexity index is 1430. The Labute approximate surface area is 232 Å². The molecule has 39 heavy (non-hydrogen) atoms. The van der Waals surface area contributed by atoms with E-state index in [9.17, 15) is 4.79 Å². The van der Waals surface area contributed by atoms with Gasteiger partial charge in [-0.2, -0.15) is 0 Å². The molecule has 1 amide bonds. The van der Waals surface area contributed by atoms with E-state index < -0.39 is 0 Å². The molecule has 9 heteroatoms. The molecule has 0 atom stereocenters. The van der Waals surface area contributed by atoms with Crippen molar-refractivity contribution in [1.82, 2.24) is 14.9 Å². The maximum absolute atomic E-state index is 12.7. The molecule has 0 saturated heterocycles. The van der Waals surface area contributed by atoms with Crippen molar-refractivity contribution in [3.8, 4) is 45.5 Å². The molecular formula is C30H31N3O5S. The Morgan fingerprint density at radius 3 is 2.28 bits per heavy atom. The molecule has 2 heterocycles. The molecule has 0 aliphatic carbocycles. The van der Waals surface area contributed by atoms with Crippen LogP contribution in [0.4, 0.5) is 0 Å². The van der Waals surface area contributed by atoms with Crippen LogP contribution in [0.1, 0.15) is 23.7 Å². The number of benzene rings is 3. The number of nitrogens with one attached hydrogen (secondary N) is 1. The number of methoxy groups -OCH3 is 2. The minimum atomic E-state index is -0.149. The minimum Gasteiger partial charge on any atom is -0.497 e. The predicted octanol–water partition coefficient (Wildman–Crippen LogP) is 5.90. The van der Waals surface area contributed by atoms with E-state index in [0.717, 1.165) is 52.1 Å². The Kier molecular flexibility index (Phi) is 8.27. The van der Waals surface area contributed by atoms with Crippen LogP contribution in [0.25, 0.3) is 22.5 Å². The second-order valence-corrected chi connectivity index (χ2v) is 9.93. The van der Waals surface area contributed by atoms with Crippen LogP contribution < -0.4 is 24.3 Å². The number of amides is 1. The Morgan fingerprint density at radius 2 is 1.62 bits per heavy atom. The highest BCUT2D eigenvalue weighted by Crippen LogP contribution is 2.37. The van der Waals surface area contributed by atoms with Gasteiger partial charge in [-0.25, -0.2) is 4.98 Å². The highest BCUT2D eigenvalue weighted by atomic mass is 32.2. The smallest absolute Gasteiger partial charge is 0.251 e. The maximum atomic E-state index is 12.7. The van der Waals surface area contributed by atoms with Crippen molar-refractivity contribution in [2.75, 3.05) is 33.3 Å². The number of rotatable bonds is 11. The van der Waals surface area contributed by atoms with Crippen LogP contribution in [0, 0.1) is 0 Å². The van der Waals surface area contributed by atoms with Gasteiger partial charge in [-0.15, -0.1) is 0 Å². The highest BCUT2D eigenvalue weighted by Gasteiger charge is 2.21. The van der Waals surface area contributed by atoms with Crippen LogP contribution in [0.15, 0.2) is 71.9 Å². The van der Waals surface area contributed by atoms with E-state index in [0.29, 0.717) is 29.4 Å². The highest BCUT2D eigenvalue weighted by molar-refractivity contribution is 7.99. The summed E-state index contributed by atoms with van der Waals surface area (Å²) in [7, 11) is 3.33. The summed E-state index contributed by atoms with van der Waals surface area (Å²) in [6.07, 6.45) is 0.954. The molecule has 1 aromatic heterocycles. The fourth-order valence-electron chi connectivity index (χ4n) is 4.41. The van der Waals surface area contributed by atoms with Crippen LogP contribution in [0.5, 0.6) is 23.0 Å². The van der Waals surface area contributed by atoms with Crippen molar-refractivity contribution in [3.05, 3.63) is 72.3 Å². The Balaban J connectivity index is 1.37. The number of carbonyl (C=O) groups is 1. The van der Waals surface area contributed by atoms with Gasteiger partial charge in [0, 0.05) is 35.5 Å². The first kappa shape index (κ1) is 26.5. The van der Waals surface area contributed by atoms with Gasteiger partial charge in [0.1, 0.15) is 11.5 Å². The van der Waals surface area contributed by atoms with Crippen molar-refractivity contribution in [3.63, 3.8) is 0 Å². The van der Waals surface area contributed by atoms with Gasteiger partial charge in [-0.05, 0) is 73.2 Å². The molecular weight excluding hydrogens is 514 g/mol. The molecule has 3 aromatic carbocycles. The largest absolute Gasteiger partial charge is 0.497 e. The lowest BCUT2D eigenvalue weighted by Gasteiger charge is -2.13. The fourth-order valence-corrected chi connectivity index (χ4v) is 5.29. The summed E-state index contributed by atoms with van der Waals surface area (Å²) in [6, 6.07) is 21.2. The number of carbonyl (C=O) groups excluding carboxylic acids is 1. The average molecular weight is 546 g/mol. The molecule has 0 spiro atoms. The zero-order valence-electron chi connectivity index (χ0n) is 22.2. The van der Waals surface area contributed by atoms with Crippen molar-refractivity contribution < 1.29 is 23.7 Å². The standard InChI is InChI=1S/C30H31N3O5S/c1-4-16-33-28(21-7-12-24(36-3)13-8-21)27(20-5-10-23(35-2)11-6-20)32-30(33)39-17-15-31-29(34)22-9-14-25-26(18-22)38-19-37-25/h5-14,18H,4,15-17,19H2,1-3H3,(H,31,34). The summed E-state index contributed by atoms with van der Waals surface area (Å²) in [5.74, 6) is 3.37. The number of aromatic nitrogens is 2. The van der Waals surface area contributed by atoms with Crippen LogP contribution in [0.3, 0.4) is 0 Å². The summed E-state index contributed by atoms with van der Waals surface area (Å²) >= 11 is 1.63. The van der Waals surface area contributed by atoms with E-state index in [1.807, 2.05) is 36.4 Å². The van der Waals surface area contributed by atoms with E-state index >= 15 is 0 Å². The zero-order valence-corrected chi connectivity index (χ0v) is 23.0. The molecule has 1 aliphatic heterocycles. The summed E-state index contributed by atoms with van der Waals surface area (Å²) in [6.45, 7) is 3.65. The molecule has 5 rings (SSSR count). The molecule has 0 saturated carbocycles. The molecule has 0 radical (unpaired) electrons. The lowest BCUT2D eigenvalue weighted by Crippen LogP contribution is -2.25. The Morgan fingerprint density at radius 1 is 0.949 bits per heavy atom. The number of hydrogen-bond donors (Lipinski definition) is 1. The molecule has 1 N–H and O–H groups in total. The van der Waals surface area contributed by atoms with Gasteiger partial charge in [0.15, 0.2) is 16.7 Å². The van der Waals surface area contributed by atoms with E-state index in [-0.39, 0.29) is 12.7 Å². The number of fused-ring (bicyclic) bond motifs is 1. The molecule has 0 fully saturated rings. The second-order valence-electron chi connectivity index (χ2n) is 8.87. The van der Waals surface area contributed by atoms with Crippen molar-refractivity contribution in [2.45, 2.75) is 25.0 Å². The van der Waals surface area contributed by atoms with Crippen LogP contribution in [0.2, 0.25) is 0 Å². The summed E-state index contributed by atoms with van der Waals surface area (Å²) in [4.78, 5) is 17.8. The third-order valence-corrected chi connectivity index (χ3v) is 7.34. The number of hydrogen-bond acceptors (Lipinski definition) is 7. The van der Waals surface area contributed by atoms with E-state index in [1.54, 1.807) is 44.2 Å². The number of nitrogens with zero attached hydrogens (tertiary/aromatic N) is 2. The SMILES string of the molecule is CCCn1c(SCCNC(=O)c2ccc3c(c2)OCO3)nc(-c2ccc(OC)cc2)c1-c1ccc(OC)cc1. The van der Waals surface area contributed by atoms with Gasteiger partial charge < -0.3 is 28.8 Å². The number of imidazole rings is 1. The number of ether oxygens (including phenoxy) is 4. The normalized spacial score (nSPS) is 11.9. The van der Waals surface area contributed by atoms with Gasteiger partial charge in [0.05, 0.1) is 25.6 Å². The minimum absolute atomic E-state index is 0.149. The van der Waals surface area contributed by atoms with E-state index in [1.165, 1.54) is 0 Å². The van der Waals surface area contributed by atoms with Crippen molar-refractivity contribution in [2.24, 2.45) is 0 Å². The molecule has 4 aromatic rings. The molecule has 0 bridgehead atoms. The summed E-state index contributed by atoms with van der Waals surface area (Å²) in [5, 5.41) is 3.91. The van der Waals surface area contributed by atoms with Gasteiger partial charge in [-0.1, -0.05) is 18.7 Å². The first-order valence-electron chi connectivity index (χ1n) is 12.8. The third-order valence-electron chi connectivity index (χ3n) is 6.36. The van der Waals surface area contributed by atoms with Crippen molar-refractivity contribution in [1.29, 1.82) is 0 Å². The fraction of sp³-hybridized carbons (Fsp3) is 0.267. The van der Waals surface area contributed by atoms with Crippen molar-refractivity contribution >= 4 is 17.7 Å². The van der Waals surface area contributed by atoms with Crippen LogP contribution in [-0.4, -0.2) is 48.8 Å². The average Bonchev–Trinajstić information content (AvgIpc) is 3.60. The predicted molar refractivity (Wildman–Crippen MR) is 152 cm³/mol. The first-order valence-corrected chi connectivity index (χ1v) is 13.8. The zero-order chi connectivity index (χ0) is 27.2. The first-order chi connectivity index (χ1) is 19.1. The topological polar surface area (TPSA) is 83.8 Å². The van der Waals surface area contributed by atoms with Gasteiger partial charge in [0.25, 0.3) is 5.91 Å². The van der Waals surface area contributed by atoms with Gasteiger partial charge in [-0.3, -0.25) is 4.79 Å². The molecule has 1 aliphatic rings. The lowest BCUT2D eigenvalue weighted by molar-refractivity contribution is 0.0955. The summed E-state index contributed by atoms with van der Waals surface area (Å²) < 4.78 is 23.7. The van der Waals surface area contributed by atoms with Gasteiger partial charge in [0.2, 0.25) is 6.79 Å². The van der Waals surface area contributed by atoms with Gasteiger partial charge >= 0.3 is 0 Å². The monoisotopic (exact) mass is 545 g/mol. The maximum Gasteiger partial charge on any atom is 0.251 e. The number of thioether (sulfide) groups is 1. The summed E-state index contributed by atoms with van der Waals surface area (Å²) in [5.41, 5.74) is 4.57. The molecule has 0 unspecified atom stereocenters. The quantitative estimate of drug-likeness (QED) is 0.186.